The lowest BCUT2D eigenvalue weighted by Crippen LogP contribution is -2.28. The van der Waals surface area contributed by atoms with Crippen LogP contribution in [0.15, 0.2) is 12.1 Å². The van der Waals surface area contributed by atoms with E-state index in [1.165, 1.54) is 0 Å². The van der Waals surface area contributed by atoms with Gasteiger partial charge in [0.2, 0.25) is 0 Å². The molecular formula is C10H12Cl3NO. The molecule has 0 amide bonds. The Balaban J connectivity index is 2.95. The summed E-state index contributed by atoms with van der Waals surface area (Å²) in [6, 6.07) is 3.07. The average Bonchev–Trinajstić information content (AvgIpc) is 2.10. The Morgan fingerprint density at radius 3 is 2.00 bits per heavy atom. The first-order valence-electron chi connectivity index (χ1n) is 4.51. The van der Waals surface area contributed by atoms with Gasteiger partial charge >= 0.3 is 0 Å². The molecule has 0 aromatic heterocycles. The van der Waals surface area contributed by atoms with Gasteiger partial charge in [-0.1, -0.05) is 34.8 Å². The summed E-state index contributed by atoms with van der Waals surface area (Å²) in [6.45, 7) is 3.53. The van der Waals surface area contributed by atoms with Gasteiger partial charge in [0.25, 0.3) is 0 Å². The minimum absolute atomic E-state index is 0.138. The maximum absolute atomic E-state index is 9.34. The summed E-state index contributed by atoms with van der Waals surface area (Å²) < 4.78 is 0. The van der Waals surface area contributed by atoms with E-state index in [1.54, 1.807) is 19.1 Å². The lowest BCUT2D eigenvalue weighted by Gasteiger charge is -2.19. The number of hydrogen-bond donors (Lipinski definition) is 2. The fourth-order valence-corrected chi connectivity index (χ4v) is 1.95. The van der Waals surface area contributed by atoms with Crippen molar-refractivity contribution in [3.8, 4) is 0 Å². The van der Waals surface area contributed by atoms with Crippen molar-refractivity contribution < 1.29 is 5.11 Å². The molecule has 0 aliphatic rings. The first kappa shape index (κ1) is 12.9. The highest BCUT2D eigenvalue weighted by Gasteiger charge is 2.13. The summed E-state index contributed by atoms with van der Waals surface area (Å²) in [4.78, 5) is 0. The van der Waals surface area contributed by atoms with Gasteiger partial charge < -0.3 is 10.4 Å². The second-order valence-electron chi connectivity index (χ2n) is 3.42. The van der Waals surface area contributed by atoms with Gasteiger partial charge in [0.05, 0.1) is 21.8 Å². The molecule has 2 nitrogen and oxygen atoms in total. The molecule has 2 N–H and O–H groups in total. The fraction of sp³-hybridized carbons (Fsp3) is 0.400. The van der Waals surface area contributed by atoms with Gasteiger partial charge in [-0.3, -0.25) is 0 Å². The van der Waals surface area contributed by atoms with E-state index >= 15 is 0 Å². The van der Waals surface area contributed by atoms with Crippen LogP contribution in [0.3, 0.4) is 0 Å². The number of benzene rings is 1. The molecule has 15 heavy (non-hydrogen) atoms. The number of hydrogen-bond acceptors (Lipinski definition) is 2. The van der Waals surface area contributed by atoms with Crippen molar-refractivity contribution in [2.45, 2.75) is 26.0 Å². The highest BCUT2D eigenvalue weighted by atomic mass is 35.5. The highest BCUT2D eigenvalue weighted by Crippen LogP contribution is 2.34. The Morgan fingerprint density at radius 2 is 1.60 bits per heavy atom. The molecule has 0 bridgehead atoms. The van der Waals surface area contributed by atoms with E-state index < -0.39 is 6.10 Å². The molecule has 0 aliphatic carbocycles. The van der Waals surface area contributed by atoms with E-state index in [0.717, 1.165) is 0 Å². The molecule has 1 rings (SSSR count). The van der Waals surface area contributed by atoms with Crippen molar-refractivity contribution in [3.63, 3.8) is 0 Å². The van der Waals surface area contributed by atoms with Crippen LogP contribution < -0.4 is 5.32 Å². The predicted octanol–water partition coefficient (Wildman–Crippen LogP) is 3.83. The molecule has 5 heteroatoms. The molecule has 0 heterocycles. The minimum atomic E-state index is -0.493. The van der Waals surface area contributed by atoms with E-state index in [9.17, 15) is 5.11 Å². The maximum Gasteiger partial charge on any atom is 0.0722 e. The second kappa shape index (κ2) is 5.26. The normalized spacial score (nSPS) is 14.8. The van der Waals surface area contributed by atoms with Crippen LogP contribution in [0, 0.1) is 0 Å². The number of rotatable bonds is 3. The summed E-state index contributed by atoms with van der Waals surface area (Å²) in [6.07, 6.45) is -0.493. The highest BCUT2D eigenvalue weighted by molar-refractivity contribution is 6.41. The lowest BCUT2D eigenvalue weighted by molar-refractivity contribution is 0.178. The van der Waals surface area contributed by atoms with Crippen LogP contribution >= 0.6 is 34.8 Å². The Kier molecular flexibility index (Phi) is 4.53. The van der Waals surface area contributed by atoms with Gasteiger partial charge in [-0.25, -0.2) is 0 Å². The van der Waals surface area contributed by atoms with Gasteiger partial charge in [0.15, 0.2) is 0 Å². The third kappa shape index (κ3) is 3.42. The van der Waals surface area contributed by atoms with Crippen molar-refractivity contribution in [1.29, 1.82) is 0 Å². The second-order valence-corrected chi connectivity index (χ2v) is 4.67. The third-order valence-electron chi connectivity index (χ3n) is 2.10. The number of nitrogens with one attached hydrogen (secondary N) is 1. The van der Waals surface area contributed by atoms with Crippen LogP contribution in [-0.4, -0.2) is 17.3 Å². The van der Waals surface area contributed by atoms with E-state index in [0.29, 0.717) is 20.8 Å². The molecular weight excluding hydrogens is 256 g/mol. The van der Waals surface area contributed by atoms with Crippen LogP contribution in [0.25, 0.3) is 0 Å². The van der Waals surface area contributed by atoms with Crippen molar-refractivity contribution in [2.75, 3.05) is 5.32 Å². The molecule has 2 atom stereocenters. The van der Waals surface area contributed by atoms with E-state index in [1.807, 2.05) is 6.92 Å². The number of aliphatic hydroxyl groups excluding tert-OH is 1. The Hall–Kier alpha value is -0.150. The molecule has 0 radical (unpaired) electrons. The summed E-state index contributed by atoms with van der Waals surface area (Å²) in [5.74, 6) is 0. The zero-order valence-corrected chi connectivity index (χ0v) is 10.7. The van der Waals surface area contributed by atoms with E-state index in [2.05, 4.69) is 5.32 Å². The number of anilines is 1. The molecule has 0 saturated heterocycles. The fourth-order valence-electron chi connectivity index (χ4n) is 1.03. The Bertz CT molecular complexity index is 332. The van der Waals surface area contributed by atoms with Crippen LogP contribution in [0.2, 0.25) is 15.1 Å². The first-order valence-corrected chi connectivity index (χ1v) is 5.64. The number of halogens is 3. The maximum atomic E-state index is 9.34. The van der Waals surface area contributed by atoms with Gasteiger partial charge in [0.1, 0.15) is 0 Å². The summed E-state index contributed by atoms with van der Waals surface area (Å²) in [7, 11) is 0. The molecule has 0 spiro atoms. The summed E-state index contributed by atoms with van der Waals surface area (Å²) >= 11 is 17.7. The quantitative estimate of drug-likeness (QED) is 0.873. The monoisotopic (exact) mass is 267 g/mol. The van der Waals surface area contributed by atoms with E-state index in [-0.39, 0.29) is 6.04 Å². The van der Waals surface area contributed by atoms with Crippen molar-refractivity contribution in [3.05, 3.63) is 27.2 Å². The van der Waals surface area contributed by atoms with Crippen LogP contribution in [0.5, 0.6) is 0 Å². The zero-order chi connectivity index (χ0) is 11.6. The molecule has 1 aromatic rings. The van der Waals surface area contributed by atoms with Crippen molar-refractivity contribution in [1.82, 2.24) is 0 Å². The van der Waals surface area contributed by atoms with Crippen LogP contribution in [0.1, 0.15) is 13.8 Å². The lowest BCUT2D eigenvalue weighted by atomic mass is 10.2. The molecule has 84 valence electrons. The SMILES string of the molecule is CC(O)C(C)Nc1c(Cl)cc(Cl)cc1Cl. The molecule has 0 saturated carbocycles. The molecule has 0 aliphatic heterocycles. The molecule has 1 aromatic carbocycles. The largest absolute Gasteiger partial charge is 0.391 e. The standard InChI is InChI=1S/C10H12Cl3NO/c1-5(6(2)15)14-10-8(12)3-7(11)4-9(10)13/h3-6,14-15H,1-2H3. The predicted molar refractivity (Wildman–Crippen MR) is 66.2 cm³/mol. The van der Waals surface area contributed by atoms with Gasteiger partial charge in [0, 0.05) is 11.1 Å². The van der Waals surface area contributed by atoms with Crippen LogP contribution in [0.4, 0.5) is 5.69 Å². The molecule has 0 fully saturated rings. The van der Waals surface area contributed by atoms with Gasteiger partial charge in [-0.05, 0) is 26.0 Å². The topological polar surface area (TPSA) is 32.3 Å². The molecule has 2 unspecified atom stereocenters. The van der Waals surface area contributed by atoms with Crippen LogP contribution in [-0.2, 0) is 0 Å². The average molecular weight is 269 g/mol. The van der Waals surface area contributed by atoms with Gasteiger partial charge in [-0.15, -0.1) is 0 Å². The van der Waals surface area contributed by atoms with Gasteiger partial charge in [-0.2, -0.15) is 0 Å². The number of aliphatic hydroxyl groups is 1. The first-order chi connectivity index (χ1) is 6.91. The summed E-state index contributed by atoms with van der Waals surface area (Å²) in [5.41, 5.74) is 0.594. The minimum Gasteiger partial charge on any atom is -0.391 e. The van der Waals surface area contributed by atoms with E-state index in [4.69, 9.17) is 34.8 Å². The zero-order valence-electron chi connectivity index (χ0n) is 8.39. The Labute approximate surface area is 104 Å². The van der Waals surface area contributed by atoms with Crippen molar-refractivity contribution >= 4 is 40.5 Å². The third-order valence-corrected chi connectivity index (χ3v) is 2.92. The Morgan fingerprint density at radius 1 is 1.13 bits per heavy atom. The smallest absolute Gasteiger partial charge is 0.0722 e. The van der Waals surface area contributed by atoms with Crippen molar-refractivity contribution in [2.24, 2.45) is 0 Å². The summed E-state index contributed by atoms with van der Waals surface area (Å²) in [5, 5.41) is 13.8.